The van der Waals surface area contributed by atoms with Crippen molar-refractivity contribution in [3.05, 3.63) is 93.1 Å². The number of pyridine rings is 1. The van der Waals surface area contributed by atoms with Crippen LogP contribution in [0, 0.1) is 5.82 Å². The molecule has 0 bridgehead atoms. The molecule has 13 heteroatoms. The number of hydrogen-bond acceptors (Lipinski definition) is 6. The number of nitrogens with zero attached hydrogens (tertiary/aromatic N) is 5. The lowest BCUT2D eigenvalue weighted by molar-refractivity contribution is -0.137. The van der Waals surface area contributed by atoms with E-state index in [1.807, 2.05) is 0 Å². The average Bonchev–Trinajstić information content (AvgIpc) is 3.22. The summed E-state index contributed by atoms with van der Waals surface area (Å²) in [5, 5.41) is 3.55. The molecule has 4 rings (SSSR count). The summed E-state index contributed by atoms with van der Waals surface area (Å²) in [4.78, 5) is 19.9. The summed E-state index contributed by atoms with van der Waals surface area (Å²) >= 11 is 5.58. The minimum Gasteiger partial charge on any atom is -0.477 e. The van der Waals surface area contributed by atoms with Gasteiger partial charge in [0.05, 0.1) is 29.9 Å². The van der Waals surface area contributed by atoms with Gasteiger partial charge in [-0.15, -0.1) is 0 Å². The molecule has 3 heterocycles. The first-order chi connectivity index (χ1) is 17.1. The Bertz CT molecular complexity index is 1440. The maximum atomic E-state index is 14.4. The Labute approximate surface area is 206 Å². The number of halogens is 5. The van der Waals surface area contributed by atoms with Crippen LogP contribution in [0.15, 0.2) is 59.9 Å². The molecule has 36 heavy (non-hydrogen) atoms. The molecule has 0 amide bonds. The van der Waals surface area contributed by atoms with Crippen LogP contribution in [0.2, 0.25) is 5.02 Å². The van der Waals surface area contributed by atoms with Gasteiger partial charge in [-0.05, 0) is 29.8 Å². The minimum atomic E-state index is -4.69. The first-order valence-electron chi connectivity index (χ1n) is 10.5. The first-order valence-corrected chi connectivity index (χ1v) is 10.8. The monoisotopic (exact) mass is 523 g/mol. The summed E-state index contributed by atoms with van der Waals surface area (Å²) in [7, 11) is 1.77. The molecule has 0 aliphatic rings. The zero-order valence-electron chi connectivity index (χ0n) is 18.7. The number of aryl methyl sites for hydroxylation is 1. The molecule has 0 aliphatic carbocycles. The van der Waals surface area contributed by atoms with Crippen LogP contribution in [-0.2, 0) is 26.2 Å². The second kappa shape index (κ2) is 10.4. The van der Waals surface area contributed by atoms with E-state index < -0.39 is 34.1 Å². The summed E-state index contributed by atoms with van der Waals surface area (Å²) in [5.74, 6) is -1.52. The number of ether oxygens (including phenoxy) is 2. The van der Waals surface area contributed by atoms with Gasteiger partial charge in [0, 0.05) is 43.7 Å². The van der Waals surface area contributed by atoms with E-state index in [1.54, 1.807) is 30.3 Å². The standard InChI is InChI=1S/C23H18ClF4N5O3/c1-32-12-15(11-30-32)13-33-6-4-20(31-22(33)34)35-7-5-14-8-19(25)21(29-10-14)36-16-2-3-18(24)17(9-16)23(26,27)28/h2-4,6,8-12H,5,7,13H2,1H3. The number of alkyl halides is 3. The lowest BCUT2D eigenvalue weighted by Gasteiger charge is -2.12. The summed E-state index contributed by atoms with van der Waals surface area (Å²) in [6, 6.07) is 5.52. The molecule has 188 valence electrons. The van der Waals surface area contributed by atoms with Crippen LogP contribution >= 0.6 is 11.6 Å². The van der Waals surface area contributed by atoms with Gasteiger partial charge in [0.25, 0.3) is 5.88 Å². The number of benzene rings is 1. The Morgan fingerprint density at radius 2 is 1.92 bits per heavy atom. The normalized spacial score (nSPS) is 11.5. The highest BCUT2D eigenvalue weighted by Crippen LogP contribution is 2.37. The van der Waals surface area contributed by atoms with Crippen molar-refractivity contribution in [2.24, 2.45) is 7.05 Å². The third kappa shape index (κ3) is 6.19. The van der Waals surface area contributed by atoms with E-state index in [-0.39, 0.29) is 24.7 Å². The molecule has 3 aromatic heterocycles. The molecule has 4 aromatic rings. The number of hydrogen-bond donors (Lipinski definition) is 0. The van der Waals surface area contributed by atoms with E-state index in [0.29, 0.717) is 18.2 Å². The second-order valence-electron chi connectivity index (χ2n) is 7.67. The molecule has 0 spiro atoms. The van der Waals surface area contributed by atoms with E-state index in [9.17, 15) is 22.4 Å². The smallest absolute Gasteiger partial charge is 0.417 e. The predicted molar refractivity (Wildman–Crippen MR) is 121 cm³/mol. The first kappa shape index (κ1) is 25.2. The topological polar surface area (TPSA) is 84.1 Å². The molecular formula is C23H18ClF4N5O3. The van der Waals surface area contributed by atoms with Crippen LogP contribution in [-0.4, -0.2) is 30.9 Å². The third-order valence-corrected chi connectivity index (χ3v) is 5.25. The molecule has 8 nitrogen and oxygen atoms in total. The highest BCUT2D eigenvalue weighted by atomic mass is 35.5. The SMILES string of the molecule is Cn1cc(Cn2ccc(OCCc3cnc(Oc4ccc(Cl)c(C(F)(F)F)c4)c(F)c3)nc2=O)cn1. The van der Waals surface area contributed by atoms with E-state index in [4.69, 9.17) is 21.1 Å². The second-order valence-corrected chi connectivity index (χ2v) is 8.08. The maximum absolute atomic E-state index is 14.4. The van der Waals surface area contributed by atoms with Crippen molar-refractivity contribution in [1.82, 2.24) is 24.3 Å². The van der Waals surface area contributed by atoms with Gasteiger partial charge < -0.3 is 9.47 Å². The molecule has 0 N–H and O–H groups in total. The van der Waals surface area contributed by atoms with E-state index in [2.05, 4.69) is 15.1 Å². The molecule has 1 aromatic carbocycles. The van der Waals surface area contributed by atoms with Crippen LogP contribution in [0.3, 0.4) is 0 Å². The molecular weight excluding hydrogens is 506 g/mol. The number of rotatable bonds is 8. The van der Waals surface area contributed by atoms with Crippen molar-refractivity contribution >= 4 is 11.6 Å². The molecule has 0 saturated heterocycles. The van der Waals surface area contributed by atoms with Crippen molar-refractivity contribution in [3.63, 3.8) is 0 Å². The molecule has 0 fully saturated rings. The van der Waals surface area contributed by atoms with Crippen molar-refractivity contribution in [3.8, 4) is 17.5 Å². The van der Waals surface area contributed by atoms with Gasteiger partial charge in [-0.2, -0.15) is 23.3 Å². The quantitative estimate of drug-likeness (QED) is 0.313. The van der Waals surface area contributed by atoms with Crippen LogP contribution in [0.4, 0.5) is 17.6 Å². The van der Waals surface area contributed by atoms with Crippen LogP contribution in [0.25, 0.3) is 0 Å². The van der Waals surface area contributed by atoms with Gasteiger partial charge in [0.15, 0.2) is 5.82 Å². The van der Waals surface area contributed by atoms with Crippen molar-refractivity contribution < 1.29 is 27.0 Å². The van der Waals surface area contributed by atoms with Gasteiger partial charge >= 0.3 is 11.9 Å². The molecule has 0 unspecified atom stereocenters. The largest absolute Gasteiger partial charge is 0.477 e. The zero-order chi connectivity index (χ0) is 25.9. The maximum Gasteiger partial charge on any atom is 0.417 e. The summed E-state index contributed by atoms with van der Waals surface area (Å²) in [5.41, 5.74) is -0.318. The van der Waals surface area contributed by atoms with Crippen molar-refractivity contribution in [1.29, 1.82) is 0 Å². The Morgan fingerprint density at radius 1 is 1.11 bits per heavy atom. The Balaban J connectivity index is 1.34. The fraction of sp³-hybridized carbons (Fsp3) is 0.217. The van der Waals surface area contributed by atoms with Crippen molar-refractivity contribution in [2.75, 3.05) is 6.61 Å². The predicted octanol–water partition coefficient (Wildman–Crippen LogP) is 4.65. The number of aromatic nitrogens is 5. The van der Waals surface area contributed by atoms with Gasteiger partial charge in [-0.3, -0.25) is 9.25 Å². The highest BCUT2D eigenvalue weighted by Gasteiger charge is 2.33. The third-order valence-electron chi connectivity index (χ3n) is 4.92. The molecule has 0 aliphatic heterocycles. The fourth-order valence-electron chi connectivity index (χ4n) is 3.21. The van der Waals surface area contributed by atoms with Crippen LogP contribution in [0.5, 0.6) is 17.5 Å². The van der Waals surface area contributed by atoms with Crippen molar-refractivity contribution in [2.45, 2.75) is 19.1 Å². The molecule has 0 atom stereocenters. The fourth-order valence-corrected chi connectivity index (χ4v) is 3.44. The summed E-state index contributed by atoms with van der Waals surface area (Å²) in [6.07, 6.45) is 1.83. The van der Waals surface area contributed by atoms with Gasteiger partial charge in [0.2, 0.25) is 5.88 Å². The Morgan fingerprint density at radius 3 is 2.58 bits per heavy atom. The Kier molecular flexibility index (Phi) is 7.25. The van der Waals surface area contributed by atoms with E-state index >= 15 is 0 Å². The molecule has 0 saturated carbocycles. The molecule has 0 radical (unpaired) electrons. The summed E-state index contributed by atoms with van der Waals surface area (Å²) < 4.78 is 67.1. The Hall–Kier alpha value is -3.93. The van der Waals surface area contributed by atoms with E-state index in [1.165, 1.54) is 22.9 Å². The average molecular weight is 524 g/mol. The van der Waals surface area contributed by atoms with Gasteiger partial charge in [-0.25, -0.2) is 14.2 Å². The lowest BCUT2D eigenvalue weighted by atomic mass is 10.2. The van der Waals surface area contributed by atoms with Crippen LogP contribution in [0.1, 0.15) is 16.7 Å². The highest BCUT2D eigenvalue weighted by molar-refractivity contribution is 6.31. The zero-order valence-corrected chi connectivity index (χ0v) is 19.4. The lowest BCUT2D eigenvalue weighted by Crippen LogP contribution is -2.23. The minimum absolute atomic E-state index is 0.0759. The van der Waals surface area contributed by atoms with Gasteiger partial charge in [-0.1, -0.05) is 11.6 Å². The van der Waals surface area contributed by atoms with Gasteiger partial charge in [0.1, 0.15) is 5.75 Å². The van der Waals surface area contributed by atoms with E-state index in [0.717, 1.165) is 17.7 Å². The van der Waals surface area contributed by atoms with Crippen LogP contribution < -0.4 is 15.2 Å². The summed E-state index contributed by atoms with van der Waals surface area (Å²) in [6.45, 7) is 0.388.